The van der Waals surface area contributed by atoms with Gasteiger partial charge in [0.15, 0.2) is 0 Å². The van der Waals surface area contributed by atoms with Crippen molar-refractivity contribution in [3.05, 3.63) is 65.2 Å². The van der Waals surface area contributed by atoms with Crippen LogP contribution in [0.15, 0.2) is 48.5 Å². The molecule has 0 spiro atoms. The maximum absolute atomic E-state index is 12.6. The maximum Gasteiger partial charge on any atom is 0.224 e. The normalized spacial score (nSPS) is 15.0. The van der Waals surface area contributed by atoms with Crippen molar-refractivity contribution in [1.82, 2.24) is 10.6 Å². The summed E-state index contributed by atoms with van der Waals surface area (Å²) in [4.78, 5) is 12.6. The van der Waals surface area contributed by atoms with Crippen LogP contribution in [0, 0.1) is 5.92 Å². The van der Waals surface area contributed by atoms with Crippen molar-refractivity contribution in [3.63, 3.8) is 0 Å². The Hall–Kier alpha value is -2.04. The van der Waals surface area contributed by atoms with Gasteiger partial charge in [-0.15, -0.1) is 12.4 Å². The van der Waals surface area contributed by atoms with Gasteiger partial charge in [0, 0.05) is 12.5 Å². The van der Waals surface area contributed by atoms with Gasteiger partial charge in [0.25, 0.3) is 0 Å². The molecule has 1 aliphatic heterocycles. The van der Waals surface area contributed by atoms with Crippen LogP contribution in [0.2, 0.25) is 0 Å². The highest BCUT2D eigenvalue weighted by atomic mass is 35.5. The van der Waals surface area contributed by atoms with Crippen LogP contribution in [0.5, 0.6) is 5.75 Å². The predicted molar refractivity (Wildman–Crippen MR) is 107 cm³/mol. The molecule has 1 aliphatic rings. The Morgan fingerprint density at radius 1 is 1.15 bits per heavy atom. The van der Waals surface area contributed by atoms with Crippen molar-refractivity contribution in [2.45, 2.75) is 25.8 Å². The summed E-state index contributed by atoms with van der Waals surface area (Å²) in [5.41, 5.74) is 3.41. The maximum atomic E-state index is 12.6. The molecule has 2 N–H and O–H groups in total. The van der Waals surface area contributed by atoms with Crippen molar-refractivity contribution in [1.29, 1.82) is 0 Å². The molecule has 2 aromatic rings. The summed E-state index contributed by atoms with van der Waals surface area (Å²) in [7, 11) is 1.86. The van der Waals surface area contributed by atoms with E-state index in [4.69, 9.17) is 4.74 Å². The third kappa shape index (κ3) is 4.77. The first-order valence-corrected chi connectivity index (χ1v) is 8.94. The molecule has 140 valence electrons. The van der Waals surface area contributed by atoms with Crippen LogP contribution >= 0.6 is 12.4 Å². The number of carbonyl (C=O) groups excluding carboxylic acids is 1. The van der Waals surface area contributed by atoms with Crippen molar-refractivity contribution in [2.24, 2.45) is 5.92 Å². The lowest BCUT2D eigenvalue weighted by atomic mass is 9.94. The lowest BCUT2D eigenvalue weighted by Gasteiger charge is -2.24. The summed E-state index contributed by atoms with van der Waals surface area (Å²) in [5, 5.41) is 6.29. The summed E-state index contributed by atoms with van der Waals surface area (Å²) >= 11 is 0. The third-order valence-electron chi connectivity index (χ3n) is 4.64. The number of carbonyl (C=O) groups is 1. The van der Waals surface area contributed by atoms with E-state index in [1.807, 2.05) is 38.2 Å². The lowest BCUT2D eigenvalue weighted by Crippen LogP contribution is -2.37. The van der Waals surface area contributed by atoms with Crippen molar-refractivity contribution >= 4 is 18.3 Å². The van der Waals surface area contributed by atoms with Crippen LogP contribution in [-0.4, -0.2) is 26.1 Å². The predicted octanol–water partition coefficient (Wildman–Crippen LogP) is 3.49. The summed E-state index contributed by atoms with van der Waals surface area (Å²) in [6.07, 6.45) is 2.06. The molecule has 0 saturated carbocycles. The van der Waals surface area contributed by atoms with E-state index >= 15 is 0 Å². The Labute approximate surface area is 161 Å². The zero-order valence-electron chi connectivity index (χ0n) is 15.3. The molecule has 3 rings (SSSR count). The molecule has 1 heterocycles. The molecule has 0 bridgehead atoms. The number of nitrogens with one attached hydrogen (secondary N) is 2. The van der Waals surface area contributed by atoms with Crippen LogP contribution in [0.25, 0.3) is 0 Å². The van der Waals surface area contributed by atoms with Gasteiger partial charge in [0.1, 0.15) is 5.75 Å². The summed E-state index contributed by atoms with van der Waals surface area (Å²) in [6, 6.07) is 16.2. The zero-order chi connectivity index (χ0) is 17.6. The lowest BCUT2D eigenvalue weighted by molar-refractivity contribution is -0.124. The van der Waals surface area contributed by atoms with Gasteiger partial charge in [-0.3, -0.25) is 4.79 Å². The average Bonchev–Trinajstić information content (AvgIpc) is 2.66. The van der Waals surface area contributed by atoms with E-state index in [0.717, 1.165) is 36.3 Å². The first kappa shape index (κ1) is 20.3. The fourth-order valence-corrected chi connectivity index (χ4v) is 3.25. The highest BCUT2D eigenvalue weighted by Gasteiger charge is 2.22. The van der Waals surface area contributed by atoms with E-state index in [-0.39, 0.29) is 30.3 Å². The number of rotatable bonds is 6. The number of fused-ring (bicyclic) bond motifs is 1. The molecular weight excluding hydrogens is 348 g/mol. The van der Waals surface area contributed by atoms with Gasteiger partial charge in [-0.2, -0.15) is 0 Å². The quantitative estimate of drug-likeness (QED) is 0.813. The number of benzene rings is 2. The number of aryl methyl sites for hydroxylation is 1. The zero-order valence-corrected chi connectivity index (χ0v) is 16.1. The number of ether oxygens (including phenoxy) is 1. The van der Waals surface area contributed by atoms with E-state index in [1.54, 1.807) is 0 Å². The van der Waals surface area contributed by atoms with Gasteiger partial charge >= 0.3 is 0 Å². The molecule has 2 unspecified atom stereocenters. The summed E-state index contributed by atoms with van der Waals surface area (Å²) in [6.45, 7) is 3.38. The highest BCUT2D eigenvalue weighted by molar-refractivity contribution is 5.85. The average molecular weight is 375 g/mol. The molecule has 1 amide bonds. The van der Waals surface area contributed by atoms with E-state index in [2.05, 4.69) is 34.9 Å². The fourth-order valence-electron chi connectivity index (χ4n) is 3.25. The summed E-state index contributed by atoms with van der Waals surface area (Å²) < 4.78 is 5.72. The van der Waals surface area contributed by atoms with Crippen molar-refractivity contribution < 1.29 is 9.53 Å². The van der Waals surface area contributed by atoms with Gasteiger partial charge in [0.05, 0.1) is 12.6 Å². The second kappa shape index (κ2) is 9.60. The monoisotopic (exact) mass is 374 g/mol. The van der Waals surface area contributed by atoms with Crippen LogP contribution in [0.3, 0.4) is 0 Å². The highest BCUT2D eigenvalue weighted by Crippen LogP contribution is 2.30. The topological polar surface area (TPSA) is 50.4 Å². The number of halogens is 1. The van der Waals surface area contributed by atoms with Crippen LogP contribution < -0.4 is 15.4 Å². The SMILES string of the molecule is CNCC(C)C(=O)NC(c1ccccc1)c1ccc2c(c1)CCCO2.Cl. The first-order chi connectivity index (χ1) is 12.2. The Morgan fingerprint density at radius 2 is 1.92 bits per heavy atom. The smallest absolute Gasteiger partial charge is 0.224 e. The van der Waals surface area contributed by atoms with Gasteiger partial charge in [-0.05, 0) is 48.7 Å². The molecule has 2 atom stereocenters. The molecule has 0 saturated heterocycles. The largest absolute Gasteiger partial charge is 0.493 e. The van der Waals surface area contributed by atoms with Crippen LogP contribution in [-0.2, 0) is 11.2 Å². The minimum absolute atomic E-state index is 0. The second-order valence-electron chi connectivity index (χ2n) is 6.63. The first-order valence-electron chi connectivity index (χ1n) is 8.94. The van der Waals surface area contributed by atoms with Crippen LogP contribution in [0.1, 0.15) is 36.1 Å². The van der Waals surface area contributed by atoms with E-state index in [0.29, 0.717) is 6.54 Å². The molecule has 0 aromatic heterocycles. The minimum atomic E-state index is -0.153. The molecular formula is C21H27ClN2O2. The van der Waals surface area contributed by atoms with E-state index < -0.39 is 0 Å². The molecule has 0 aliphatic carbocycles. The van der Waals surface area contributed by atoms with Gasteiger partial charge in [0.2, 0.25) is 5.91 Å². The Bertz CT molecular complexity index is 721. The summed E-state index contributed by atoms with van der Waals surface area (Å²) in [5.74, 6) is 0.936. The van der Waals surface area contributed by atoms with Gasteiger partial charge in [-0.25, -0.2) is 0 Å². The standard InChI is InChI=1S/C21H26N2O2.ClH/c1-15(14-22-2)21(24)23-20(16-7-4-3-5-8-16)18-10-11-19-17(13-18)9-6-12-25-19;/h3-5,7-8,10-11,13,15,20,22H,6,9,12,14H2,1-2H3,(H,23,24);1H. The molecule has 5 heteroatoms. The fraction of sp³-hybridized carbons (Fsp3) is 0.381. The van der Waals surface area contributed by atoms with Crippen LogP contribution in [0.4, 0.5) is 0 Å². The molecule has 26 heavy (non-hydrogen) atoms. The molecule has 0 radical (unpaired) electrons. The Balaban J connectivity index is 0.00000243. The number of amides is 1. The molecule has 4 nitrogen and oxygen atoms in total. The van der Waals surface area contributed by atoms with Crippen molar-refractivity contribution in [3.8, 4) is 5.75 Å². The van der Waals surface area contributed by atoms with Gasteiger partial charge < -0.3 is 15.4 Å². The van der Waals surface area contributed by atoms with E-state index in [1.165, 1.54) is 5.56 Å². The third-order valence-corrected chi connectivity index (χ3v) is 4.64. The van der Waals surface area contributed by atoms with E-state index in [9.17, 15) is 4.79 Å². The second-order valence-corrected chi connectivity index (χ2v) is 6.63. The van der Waals surface area contributed by atoms with Crippen molar-refractivity contribution in [2.75, 3.05) is 20.2 Å². The number of hydrogen-bond acceptors (Lipinski definition) is 3. The van der Waals surface area contributed by atoms with Gasteiger partial charge in [-0.1, -0.05) is 43.3 Å². The number of hydrogen-bond donors (Lipinski definition) is 2. The molecule has 2 aromatic carbocycles. The Kier molecular flexibility index (Phi) is 7.49. The Morgan fingerprint density at radius 3 is 2.65 bits per heavy atom. The molecule has 0 fully saturated rings. The minimum Gasteiger partial charge on any atom is -0.493 e.